The quantitative estimate of drug-likeness (QED) is 0.473. The number of aromatic nitrogens is 6. The highest BCUT2D eigenvalue weighted by molar-refractivity contribution is 5.91. The largest absolute Gasteiger partial charge is 0.369 e. The molecule has 0 saturated carbocycles. The van der Waals surface area contributed by atoms with Crippen molar-refractivity contribution < 1.29 is 4.79 Å². The van der Waals surface area contributed by atoms with Gasteiger partial charge in [0.25, 0.3) is 5.91 Å². The second kappa shape index (κ2) is 8.87. The lowest BCUT2D eigenvalue weighted by atomic mass is 10.1. The Morgan fingerprint density at radius 1 is 1.00 bits per heavy atom. The van der Waals surface area contributed by atoms with E-state index < -0.39 is 0 Å². The number of hydrogen-bond donors (Lipinski definition) is 2. The van der Waals surface area contributed by atoms with Gasteiger partial charge in [-0.15, -0.1) is 0 Å². The highest BCUT2D eigenvalue weighted by Crippen LogP contribution is 2.18. The van der Waals surface area contributed by atoms with Crippen molar-refractivity contribution in [2.45, 2.75) is 13.0 Å². The fraction of sp³-hybridized carbons (Fsp3) is 0.200. The molecule has 9 nitrogen and oxygen atoms in total. The molecule has 0 unspecified atom stereocenters. The molecule has 0 aliphatic carbocycles. The Morgan fingerprint density at radius 2 is 1.90 bits per heavy atom. The van der Waals surface area contributed by atoms with E-state index in [-0.39, 0.29) is 11.6 Å². The second-order valence-corrected chi connectivity index (χ2v) is 6.34. The molecule has 1 amide bonds. The standard InChI is InChI=1S/C20H20N8O/c29-20(17-13-21-8-9-22-17)24-10-11-28-19-16(12-27-28)18(25-14-26-19)23-7-6-15-4-2-1-3-5-15/h1-5,8-9,12-14H,6-7,10-11H2,(H,24,29)(H,23,25,26). The number of fused-ring (bicyclic) bond motifs is 1. The number of rotatable bonds is 8. The Morgan fingerprint density at radius 3 is 2.72 bits per heavy atom. The van der Waals surface area contributed by atoms with Crippen molar-refractivity contribution in [3.05, 3.63) is 72.7 Å². The molecule has 0 atom stereocenters. The molecule has 0 radical (unpaired) electrons. The minimum Gasteiger partial charge on any atom is -0.369 e. The van der Waals surface area contributed by atoms with Crippen LogP contribution in [0.5, 0.6) is 0 Å². The normalized spacial score (nSPS) is 10.8. The number of benzene rings is 1. The van der Waals surface area contributed by atoms with Crippen LogP contribution in [0.15, 0.2) is 61.4 Å². The van der Waals surface area contributed by atoms with Gasteiger partial charge in [0, 0.05) is 25.5 Å². The summed E-state index contributed by atoms with van der Waals surface area (Å²) in [5, 5.41) is 11.4. The lowest BCUT2D eigenvalue weighted by molar-refractivity contribution is 0.0946. The van der Waals surface area contributed by atoms with Crippen LogP contribution in [0.1, 0.15) is 16.1 Å². The predicted molar refractivity (Wildman–Crippen MR) is 108 cm³/mol. The van der Waals surface area contributed by atoms with E-state index in [9.17, 15) is 4.79 Å². The number of amides is 1. The molecule has 1 aromatic carbocycles. The smallest absolute Gasteiger partial charge is 0.271 e. The number of nitrogens with one attached hydrogen (secondary N) is 2. The van der Waals surface area contributed by atoms with Crippen molar-refractivity contribution in [1.29, 1.82) is 0 Å². The summed E-state index contributed by atoms with van der Waals surface area (Å²) in [5.74, 6) is 0.480. The molecule has 0 bridgehead atoms. The Labute approximate surface area is 167 Å². The lowest BCUT2D eigenvalue weighted by Crippen LogP contribution is -2.28. The van der Waals surface area contributed by atoms with E-state index in [4.69, 9.17) is 0 Å². The number of nitrogens with zero attached hydrogens (tertiary/aromatic N) is 6. The van der Waals surface area contributed by atoms with E-state index >= 15 is 0 Å². The van der Waals surface area contributed by atoms with Gasteiger partial charge in [0.15, 0.2) is 5.65 Å². The molecule has 29 heavy (non-hydrogen) atoms. The molecule has 146 valence electrons. The summed E-state index contributed by atoms with van der Waals surface area (Å²) in [4.78, 5) is 28.6. The van der Waals surface area contributed by atoms with Crippen LogP contribution in [0.25, 0.3) is 11.0 Å². The highest BCUT2D eigenvalue weighted by Gasteiger charge is 2.11. The van der Waals surface area contributed by atoms with Crippen molar-refractivity contribution >= 4 is 22.8 Å². The summed E-state index contributed by atoms with van der Waals surface area (Å²) in [6.45, 7) is 1.64. The Bertz CT molecular complexity index is 1080. The van der Waals surface area contributed by atoms with Crippen molar-refractivity contribution in [3.8, 4) is 0 Å². The molecule has 9 heteroatoms. The molecule has 0 aliphatic heterocycles. The fourth-order valence-corrected chi connectivity index (χ4v) is 2.95. The zero-order valence-corrected chi connectivity index (χ0v) is 15.7. The van der Waals surface area contributed by atoms with Gasteiger partial charge in [0.1, 0.15) is 17.8 Å². The van der Waals surface area contributed by atoms with Crippen LogP contribution in [0.4, 0.5) is 5.82 Å². The van der Waals surface area contributed by atoms with Crippen molar-refractivity contribution in [2.75, 3.05) is 18.4 Å². The zero-order valence-electron chi connectivity index (χ0n) is 15.7. The van der Waals surface area contributed by atoms with Crippen LogP contribution >= 0.6 is 0 Å². The van der Waals surface area contributed by atoms with Gasteiger partial charge in [-0.05, 0) is 12.0 Å². The summed E-state index contributed by atoms with van der Waals surface area (Å²) >= 11 is 0. The number of carbonyl (C=O) groups excluding carboxylic acids is 1. The number of anilines is 1. The van der Waals surface area contributed by atoms with E-state index in [0.717, 1.165) is 29.8 Å². The third kappa shape index (κ3) is 4.52. The average molecular weight is 388 g/mol. The van der Waals surface area contributed by atoms with Gasteiger partial charge in [-0.25, -0.2) is 19.6 Å². The van der Waals surface area contributed by atoms with Crippen LogP contribution < -0.4 is 10.6 Å². The Kier molecular flexibility index (Phi) is 5.65. The monoisotopic (exact) mass is 388 g/mol. The first-order valence-electron chi connectivity index (χ1n) is 9.30. The highest BCUT2D eigenvalue weighted by atomic mass is 16.1. The summed E-state index contributed by atoms with van der Waals surface area (Å²) in [5.41, 5.74) is 2.26. The van der Waals surface area contributed by atoms with Crippen LogP contribution in [0, 0.1) is 0 Å². The minimum absolute atomic E-state index is 0.271. The first-order chi connectivity index (χ1) is 14.3. The van der Waals surface area contributed by atoms with E-state index in [0.29, 0.717) is 13.1 Å². The first-order valence-corrected chi connectivity index (χ1v) is 9.30. The van der Waals surface area contributed by atoms with E-state index in [1.807, 2.05) is 18.2 Å². The number of carbonyl (C=O) groups is 1. The second-order valence-electron chi connectivity index (χ2n) is 6.34. The number of hydrogen-bond acceptors (Lipinski definition) is 7. The summed E-state index contributed by atoms with van der Waals surface area (Å²) in [7, 11) is 0. The summed E-state index contributed by atoms with van der Waals surface area (Å²) in [6, 6.07) is 10.3. The molecule has 4 aromatic rings. The van der Waals surface area contributed by atoms with Gasteiger partial charge in [-0.2, -0.15) is 5.10 Å². The molecular weight excluding hydrogens is 368 g/mol. The third-order valence-corrected chi connectivity index (χ3v) is 4.39. The maximum absolute atomic E-state index is 12.0. The maximum atomic E-state index is 12.0. The molecule has 2 N–H and O–H groups in total. The maximum Gasteiger partial charge on any atom is 0.271 e. The van der Waals surface area contributed by atoms with Gasteiger partial charge < -0.3 is 10.6 Å². The molecule has 3 heterocycles. The van der Waals surface area contributed by atoms with E-state index in [2.05, 4.69) is 47.8 Å². The van der Waals surface area contributed by atoms with Gasteiger partial charge in [0.2, 0.25) is 0 Å². The third-order valence-electron chi connectivity index (χ3n) is 4.39. The summed E-state index contributed by atoms with van der Waals surface area (Å²) in [6.07, 6.45) is 8.60. The van der Waals surface area contributed by atoms with Gasteiger partial charge in [-0.3, -0.25) is 9.78 Å². The molecule has 0 spiro atoms. The lowest BCUT2D eigenvalue weighted by Gasteiger charge is -2.08. The topological polar surface area (TPSA) is 111 Å². The minimum atomic E-state index is -0.271. The Balaban J connectivity index is 1.36. The van der Waals surface area contributed by atoms with E-state index in [1.54, 1.807) is 10.9 Å². The van der Waals surface area contributed by atoms with Crippen molar-refractivity contribution in [2.24, 2.45) is 0 Å². The van der Waals surface area contributed by atoms with Crippen LogP contribution in [0.3, 0.4) is 0 Å². The summed E-state index contributed by atoms with van der Waals surface area (Å²) < 4.78 is 1.75. The van der Waals surface area contributed by atoms with Crippen molar-refractivity contribution in [1.82, 2.24) is 35.0 Å². The predicted octanol–water partition coefficient (Wildman–Crippen LogP) is 1.70. The SMILES string of the molecule is O=C(NCCn1ncc2c(NCCc3ccccc3)ncnc21)c1cnccn1. The average Bonchev–Trinajstić information content (AvgIpc) is 3.19. The first kappa shape index (κ1) is 18.5. The van der Waals surface area contributed by atoms with Gasteiger partial charge in [0.05, 0.1) is 24.3 Å². The Hall–Kier alpha value is -3.88. The molecule has 0 fully saturated rings. The fourth-order valence-electron chi connectivity index (χ4n) is 2.95. The van der Waals surface area contributed by atoms with Crippen LogP contribution in [-0.4, -0.2) is 48.7 Å². The van der Waals surface area contributed by atoms with Crippen LogP contribution in [0.2, 0.25) is 0 Å². The van der Waals surface area contributed by atoms with Crippen molar-refractivity contribution in [3.63, 3.8) is 0 Å². The van der Waals surface area contributed by atoms with Gasteiger partial charge in [-0.1, -0.05) is 30.3 Å². The van der Waals surface area contributed by atoms with Crippen LogP contribution in [-0.2, 0) is 13.0 Å². The molecular formula is C20H20N8O. The van der Waals surface area contributed by atoms with E-state index in [1.165, 1.54) is 30.5 Å². The molecule has 0 aliphatic rings. The molecule has 3 aromatic heterocycles. The molecule has 4 rings (SSSR count). The van der Waals surface area contributed by atoms with Gasteiger partial charge >= 0.3 is 0 Å². The molecule has 0 saturated heterocycles. The zero-order chi connectivity index (χ0) is 19.9.